The Morgan fingerprint density at radius 2 is 2.00 bits per heavy atom. The van der Waals surface area contributed by atoms with Gasteiger partial charge >= 0.3 is 0 Å². The fourth-order valence-electron chi connectivity index (χ4n) is 3.44. The Balaban J connectivity index is 2.57. The van der Waals surface area contributed by atoms with Gasteiger partial charge in [-0.15, -0.1) is 11.3 Å². The zero-order valence-electron chi connectivity index (χ0n) is 20.7. The number of aromatic hydroxyl groups is 1. The Hall–Kier alpha value is -2.17. The summed E-state index contributed by atoms with van der Waals surface area (Å²) in [7, 11) is 2.92. The summed E-state index contributed by atoms with van der Waals surface area (Å²) in [5.74, 6) is 0.565. The zero-order valence-corrected chi connectivity index (χ0v) is 24.7. The first-order valence-corrected chi connectivity index (χ1v) is 13.5. The fraction of sp³-hybridized carbons (Fsp3) is 0.400. The van der Waals surface area contributed by atoms with E-state index in [1.165, 1.54) is 25.6 Å². The maximum atomic E-state index is 12.0. The average molecular weight is 632 g/mol. The van der Waals surface area contributed by atoms with E-state index in [1.54, 1.807) is 24.0 Å². The number of phenols is 1. The number of benzene rings is 1. The second-order valence-corrected chi connectivity index (χ2v) is 10.9. The summed E-state index contributed by atoms with van der Waals surface area (Å²) in [5.41, 5.74) is 1.92. The van der Waals surface area contributed by atoms with Crippen LogP contribution in [-0.2, 0) is 14.3 Å². The van der Waals surface area contributed by atoms with Crippen molar-refractivity contribution >= 4 is 64.7 Å². The van der Waals surface area contributed by atoms with E-state index in [0.717, 1.165) is 45.5 Å². The van der Waals surface area contributed by atoms with Crippen molar-refractivity contribution in [3.05, 3.63) is 55.6 Å². The van der Waals surface area contributed by atoms with Crippen molar-refractivity contribution in [1.82, 2.24) is 4.90 Å². The number of aliphatic hydroxyl groups excluding tert-OH is 1. The van der Waals surface area contributed by atoms with E-state index in [0.29, 0.717) is 21.3 Å². The molecule has 10 heteroatoms. The predicted octanol–water partition coefficient (Wildman–Crippen LogP) is 7.23. The number of hydrogen-bond donors (Lipinski definition) is 3. The van der Waals surface area contributed by atoms with Gasteiger partial charge in [0, 0.05) is 16.4 Å². The van der Waals surface area contributed by atoms with Crippen LogP contribution in [0.5, 0.6) is 5.75 Å². The Labute approximate surface area is 227 Å². The molecule has 0 saturated carbocycles. The van der Waals surface area contributed by atoms with Gasteiger partial charge in [0.2, 0.25) is 12.2 Å². The second kappa shape index (κ2) is 13.2. The number of hydrogen-bond acceptors (Lipinski definition) is 7. The van der Waals surface area contributed by atoms with Crippen molar-refractivity contribution in [2.75, 3.05) is 26.1 Å². The number of thiophene rings is 1. The number of unbranched alkanes of at least 4 members (excludes halogenated alkanes) is 1. The molecule has 192 valence electrons. The molecule has 0 aliphatic heterocycles. The highest BCUT2D eigenvalue weighted by Gasteiger charge is 2.21. The van der Waals surface area contributed by atoms with Crippen molar-refractivity contribution in [2.24, 2.45) is 0 Å². The summed E-state index contributed by atoms with van der Waals surface area (Å²) in [4.78, 5) is 13.7. The number of allylic oxidation sites excluding steroid dienone is 2. The minimum absolute atomic E-state index is 0.0893. The lowest BCUT2D eigenvalue weighted by Crippen LogP contribution is -2.39. The van der Waals surface area contributed by atoms with Crippen LogP contribution in [0.15, 0.2) is 44.5 Å². The number of fused-ring (bicyclic) bond motifs is 1. The van der Waals surface area contributed by atoms with E-state index in [1.807, 2.05) is 19.9 Å². The molecule has 1 atom stereocenters. The number of carbonyl (C=O) groups excluding carboxylic acids is 1. The monoisotopic (exact) mass is 630 g/mol. The maximum Gasteiger partial charge on any atom is 0.211 e. The third kappa shape index (κ3) is 6.74. The van der Waals surface area contributed by atoms with Crippen molar-refractivity contribution in [1.29, 1.82) is 0 Å². The normalized spacial score (nSPS) is 13.9. The molecule has 7 nitrogen and oxygen atoms in total. The van der Waals surface area contributed by atoms with Crippen molar-refractivity contribution in [3.8, 4) is 5.75 Å². The lowest BCUT2D eigenvalue weighted by molar-refractivity contribution is -0.119. The van der Waals surface area contributed by atoms with Crippen LogP contribution in [0, 0.1) is 13.8 Å². The van der Waals surface area contributed by atoms with E-state index in [4.69, 9.17) is 9.47 Å². The third-order valence-corrected chi connectivity index (χ3v) is 8.11. The van der Waals surface area contributed by atoms with Gasteiger partial charge in [-0.3, -0.25) is 4.79 Å². The molecule has 1 heterocycles. The quantitative estimate of drug-likeness (QED) is 0.0991. The number of amides is 1. The minimum Gasteiger partial charge on any atom is -0.505 e. The summed E-state index contributed by atoms with van der Waals surface area (Å²) in [6.45, 7) is 8.22. The summed E-state index contributed by atoms with van der Waals surface area (Å²) >= 11 is 8.13. The van der Waals surface area contributed by atoms with Crippen molar-refractivity contribution in [3.63, 3.8) is 0 Å². The van der Waals surface area contributed by atoms with Gasteiger partial charge in [0.25, 0.3) is 0 Å². The number of nitrogens with zero attached hydrogens (tertiary/aromatic N) is 1. The molecule has 0 bridgehead atoms. The van der Waals surface area contributed by atoms with E-state index in [2.05, 4.69) is 44.1 Å². The Bertz CT molecular complexity index is 1150. The first kappa shape index (κ1) is 29.1. The number of aliphatic hydroxyl groups is 1. The van der Waals surface area contributed by atoms with Crippen LogP contribution in [0.1, 0.15) is 37.8 Å². The van der Waals surface area contributed by atoms with Gasteiger partial charge < -0.3 is 29.9 Å². The van der Waals surface area contributed by atoms with Gasteiger partial charge in [-0.1, -0.05) is 29.3 Å². The number of nitrogens with one attached hydrogen (secondary N) is 1. The third-order valence-electron chi connectivity index (χ3n) is 5.48. The van der Waals surface area contributed by atoms with Crippen LogP contribution in [0.2, 0.25) is 0 Å². The molecule has 35 heavy (non-hydrogen) atoms. The molecule has 1 aromatic heterocycles. The average Bonchev–Trinajstić information content (AvgIpc) is 3.14. The second-order valence-electron chi connectivity index (χ2n) is 7.92. The smallest absolute Gasteiger partial charge is 0.211 e. The Morgan fingerprint density at radius 3 is 2.54 bits per heavy atom. The van der Waals surface area contributed by atoms with Gasteiger partial charge in [0.05, 0.1) is 28.4 Å². The molecule has 0 spiro atoms. The molecule has 0 aliphatic carbocycles. The number of anilines is 1. The highest BCUT2D eigenvalue weighted by Crippen LogP contribution is 2.45. The lowest BCUT2D eigenvalue weighted by atomic mass is 10.1. The Morgan fingerprint density at radius 1 is 1.31 bits per heavy atom. The number of ether oxygens (including phenoxy) is 2. The standard InChI is InChI=1S/C25H32Br2N2O5S/c1-7-8-11-29(13-30)19(10-9-18(33-5)23(34-6)21(31)16(4)26)28-25-15(3)17-12-14(2)20(27)22(32)24(17)35-25/h9-10,12-13,19,28,31-32H,7-8,11H2,1-6H3/b10-9+,21-16-,23-18-. The number of aryl methyl sites for hydroxylation is 2. The fourth-order valence-corrected chi connectivity index (χ4v) is 5.23. The Kier molecular flexibility index (Phi) is 11.0. The maximum absolute atomic E-state index is 12.0. The molecule has 0 saturated heterocycles. The van der Waals surface area contributed by atoms with Crippen LogP contribution in [0.3, 0.4) is 0 Å². The van der Waals surface area contributed by atoms with Crippen LogP contribution in [0.25, 0.3) is 10.1 Å². The van der Waals surface area contributed by atoms with Crippen molar-refractivity contribution < 1.29 is 24.5 Å². The van der Waals surface area contributed by atoms with Gasteiger partial charge in [0.15, 0.2) is 11.5 Å². The minimum atomic E-state index is -0.517. The van der Waals surface area contributed by atoms with Crippen molar-refractivity contribution in [2.45, 2.75) is 46.7 Å². The molecule has 1 unspecified atom stereocenters. The molecule has 0 radical (unpaired) electrons. The number of phenolic OH excluding ortho intramolecular Hbond substituents is 1. The molecule has 0 fully saturated rings. The van der Waals surface area contributed by atoms with Gasteiger partial charge in [0.1, 0.15) is 11.9 Å². The number of halogens is 2. The molecule has 3 N–H and O–H groups in total. The first-order valence-electron chi connectivity index (χ1n) is 11.1. The van der Waals surface area contributed by atoms with E-state index in [9.17, 15) is 15.0 Å². The molecular weight excluding hydrogens is 600 g/mol. The topological polar surface area (TPSA) is 91.3 Å². The number of carbonyl (C=O) groups is 1. The molecule has 1 amide bonds. The summed E-state index contributed by atoms with van der Waals surface area (Å²) < 4.78 is 12.7. The highest BCUT2D eigenvalue weighted by molar-refractivity contribution is 9.11. The van der Waals surface area contributed by atoms with Gasteiger partial charge in [-0.2, -0.15) is 0 Å². The first-order chi connectivity index (χ1) is 16.6. The van der Waals surface area contributed by atoms with E-state index < -0.39 is 6.17 Å². The highest BCUT2D eigenvalue weighted by atomic mass is 79.9. The predicted molar refractivity (Wildman–Crippen MR) is 150 cm³/mol. The van der Waals surface area contributed by atoms with E-state index in [-0.39, 0.29) is 17.3 Å². The largest absolute Gasteiger partial charge is 0.505 e. The number of methoxy groups -OCH3 is 2. The molecule has 1 aromatic carbocycles. The van der Waals surface area contributed by atoms with Crippen LogP contribution in [-0.4, -0.2) is 48.5 Å². The van der Waals surface area contributed by atoms with Gasteiger partial charge in [-0.25, -0.2) is 0 Å². The van der Waals surface area contributed by atoms with Crippen LogP contribution in [0.4, 0.5) is 5.00 Å². The zero-order chi connectivity index (χ0) is 26.3. The summed E-state index contributed by atoms with van der Waals surface area (Å²) in [6.07, 6.45) is 5.51. The SMILES string of the molecule is CCCCN(C=O)C(/C=C/C(OC)=C(OC)\C(O)=C(/C)Br)Nc1sc2c(O)c(Br)c(C)cc2c1C. The van der Waals surface area contributed by atoms with E-state index >= 15 is 0 Å². The number of rotatable bonds is 12. The summed E-state index contributed by atoms with van der Waals surface area (Å²) in [5, 5.41) is 26.3. The molecule has 0 aliphatic rings. The van der Waals surface area contributed by atoms with Crippen LogP contribution >= 0.6 is 43.2 Å². The summed E-state index contributed by atoms with van der Waals surface area (Å²) in [6, 6.07) is 2.03. The molecule has 2 aromatic rings. The molecular formula is C25H32Br2N2O5S. The lowest BCUT2D eigenvalue weighted by Gasteiger charge is -2.27. The van der Waals surface area contributed by atoms with Gasteiger partial charge in [-0.05, 0) is 72.5 Å². The molecule has 2 rings (SSSR count). The van der Waals surface area contributed by atoms with Crippen LogP contribution < -0.4 is 5.32 Å².